The van der Waals surface area contributed by atoms with E-state index in [9.17, 15) is 13.2 Å². The van der Waals surface area contributed by atoms with Gasteiger partial charge in [-0.25, -0.2) is 8.42 Å². The topological polar surface area (TPSA) is 79.0 Å². The minimum absolute atomic E-state index is 0. The predicted molar refractivity (Wildman–Crippen MR) is 104 cm³/mol. The number of halogens is 2. The number of methoxy groups -OCH3 is 1. The van der Waals surface area contributed by atoms with Gasteiger partial charge in [0.05, 0.1) is 12.7 Å². The Bertz CT molecular complexity index is 756. The fraction of sp³-hybridized carbons (Fsp3) is 0.562. The summed E-state index contributed by atoms with van der Waals surface area (Å²) in [5.74, 6) is -0.0849. The Morgan fingerprint density at radius 3 is 2.62 bits per heavy atom. The quantitative estimate of drug-likeness (QED) is 0.749. The van der Waals surface area contributed by atoms with Crippen molar-refractivity contribution in [3.05, 3.63) is 22.7 Å². The number of amides is 1. The van der Waals surface area contributed by atoms with Gasteiger partial charge in [-0.1, -0.05) is 11.6 Å². The SMILES string of the molecule is CNCC1CCN(S(=O)(=O)c2cc(Cl)cc(C(=O)N(C)C)c2OC)C1.Cl. The van der Waals surface area contributed by atoms with Crippen LogP contribution < -0.4 is 10.1 Å². The average molecular weight is 426 g/mol. The molecular formula is C16H25Cl2N3O4S. The van der Waals surface area contributed by atoms with Gasteiger partial charge in [0.2, 0.25) is 10.0 Å². The first-order chi connectivity index (χ1) is 11.7. The van der Waals surface area contributed by atoms with E-state index in [0.29, 0.717) is 13.1 Å². The lowest BCUT2D eigenvalue weighted by Crippen LogP contribution is -2.31. The standard InChI is InChI=1S/C16H24ClN3O4S.ClH/c1-18-9-11-5-6-20(10-11)25(22,23)14-8-12(17)7-13(15(14)24-4)16(21)19(2)3;/h7-8,11,18H,5-6,9-10H2,1-4H3;1H. The molecule has 0 bridgehead atoms. The van der Waals surface area contributed by atoms with E-state index in [2.05, 4.69) is 5.32 Å². The van der Waals surface area contributed by atoms with Gasteiger partial charge in [0, 0.05) is 32.2 Å². The van der Waals surface area contributed by atoms with E-state index in [-0.39, 0.29) is 45.5 Å². The summed E-state index contributed by atoms with van der Waals surface area (Å²) in [5.41, 5.74) is 0.129. The van der Waals surface area contributed by atoms with Crippen molar-refractivity contribution in [2.45, 2.75) is 11.3 Å². The third-order valence-corrected chi connectivity index (χ3v) is 6.31. The number of nitrogens with zero attached hydrogens (tertiary/aromatic N) is 2. The minimum Gasteiger partial charge on any atom is -0.494 e. The summed E-state index contributed by atoms with van der Waals surface area (Å²) in [6.45, 7) is 1.61. The number of benzene rings is 1. The van der Waals surface area contributed by atoms with Crippen LogP contribution in [0.2, 0.25) is 5.02 Å². The van der Waals surface area contributed by atoms with Crippen LogP contribution >= 0.6 is 24.0 Å². The molecule has 7 nitrogen and oxygen atoms in total. The molecule has 1 aliphatic heterocycles. The number of rotatable bonds is 6. The second-order valence-electron chi connectivity index (χ2n) is 6.26. The van der Waals surface area contributed by atoms with Crippen LogP contribution in [-0.2, 0) is 10.0 Å². The van der Waals surface area contributed by atoms with E-state index in [1.54, 1.807) is 14.1 Å². The van der Waals surface area contributed by atoms with Gasteiger partial charge in [-0.15, -0.1) is 12.4 Å². The Labute approximate surface area is 166 Å². The van der Waals surface area contributed by atoms with E-state index < -0.39 is 10.0 Å². The summed E-state index contributed by atoms with van der Waals surface area (Å²) in [6.07, 6.45) is 0.784. The minimum atomic E-state index is -3.81. The van der Waals surface area contributed by atoms with Crippen LogP contribution in [0.15, 0.2) is 17.0 Å². The fourth-order valence-corrected chi connectivity index (χ4v) is 5.00. The number of hydrogen-bond acceptors (Lipinski definition) is 5. The van der Waals surface area contributed by atoms with Crippen molar-refractivity contribution >= 4 is 39.9 Å². The van der Waals surface area contributed by atoms with Gasteiger partial charge >= 0.3 is 0 Å². The van der Waals surface area contributed by atoms with Crippen molar-refractivity contribution < 1.29 is 17.9 Å². The molecule has 0 spiro atoms. The molecule has 1 aliphatic rings. The third-order valence-electron chi connectivity index (χ3n) is 4.22. The summed E-state index contributed by atoms with van der Waals surface area (Å²) < 4.78 is 32.9. The van der Waals surface area contributed by atoms with Crippen molar-refractivity contribution in [3.8, 4) is 5.75 Å². The first-order valence-corrected chi connectivity index (χ1v) is 9.78. The van der Waals surface area contributed by atoms with Crippen LogP contribution in [-0.4, -0.2) is 71.4 Å². The Hall–Kier alpha value is -1.06. The maximum absolute atomic E-state index is 13.1. The lowest BCUT2D eigenvalue weighted by Gasteiger charge is -2.21. The number of carbonyl (C=O) groups is 1. The summed E-state index contributed by atoms with van der Waals surface area (Å²) in [6, 6.07) is 2.77. The van der Waals surface area contributed by atoms with Crippen LogP contribution in [0.4, 0.5) is 0 Å². The monoisotopic (exact) mass is 425 g/mol. The summed E-state index contributed by atoms with van der Waals surface area (Å²) in [5, 5.41) is 3.25. The maximum Gasteiger partial charge on any atom is 0.257 e. The molecule has 26 heavy (non-hydrogen) atoms. The molecule has 1 fully saturated rings. The van der Waals surface area contributed by atoms with E-state index >= 15 is 0 Å². The lowest BCUT2D eigenvalue weighted by atomic mass is 10.1. The summed E-state index contributed by atoms with van der Waals surface area (Å²) >= 11 is 6.10. The van der Waals surface area contributed by atoms with Gasteiger partial charge in [-0.3, -0.25) is 4.79 Å². The van der Waals surface area contributed by atoms with Crippen molar-refractivity contribution in [2.24, 2.45) is 5.92 Å². The van der Waals surface area contributed by atoms with Gasteiger partial charge in [0.25, 0.3) is 5.91 Å². The van der Waals surface area contributed by atoms with Crippen molar-refractivity contribution in [1.29, 1.82) is 0 Å². The molecule has 1 unspecified atom stereocenters. The molecule has 0 saturated carbocycles. The predicted octanol–water partition coefficient (Wildman–Crippen LogP) is 1.70. The van der Waals surface area contributed by atoms with Gasteiger partial charge in [0.15, 0.2) is 5.75 Å². The van der Waals surface area contributed by atoms with Gasteiger partial charge in [-0.2, -0.15) is 4.31 Å². The molecule has 148 valence electrons. The van der Waals surface area contributed by atoms with Crippen LogP contribution in [0.1, 0.15) is 16.8 Å². The van der Waals surface area contributed by atoms with Gasteiger partial charge in [-0.05, 0) is 38.1 Å². The molecule has 1 atom stereocenters. The van der Waals surface area contributed by atoms with Crippen molar-refractivity contribution in [3.63, 3.8) is 0 Å². The van der Waals surface area contributed by atoms with Gasteiger partial charge in [0.1, 0.15) is 4.90 Å². The Morgan fingerprint density at radius 2 is 2.08 bits per heavy atom. The van der Waals surface area contributed by atoms with E-state index in [1.807, 2.05) is 7.05 Å². The fourth-order valence-electron chi connectivity index (χ4n) is 2.98. The largest absolute Gasteiger partial charge is 0.494 e. The highest BCUT2D eigenvalue weighted by Crippen LogP contribution is 2.35. The molecule has 1 aromatic carbocycles. The molecule has 10 heteroatoms. The first kappa shape index (κ1) is 23.0. The van der Waals surface area contributed by atoms with E-state index in [1.165, 1.54) is 28.4 Å². The molecule has 0 aliphatic carbocycles. The van der Waals surface area contributed by atoms with Crippen molar-refractivity contribution in [2.75, 3.05) is 47.9 Å². The Kier molecular flexibility index (Phi) is 8.16. The molecular weight excluding hydrogens is 401 g/mol. The Morgan fingerprint density at radius 1 is 1.42 bits per heavy atom. The molecule has 1 saturated heterocycles. The number of hydrogen-bond donors (Lipinski definition) is 1. The molecule has 0 radical (unpaired) electrons. The van der Waals surface area contributed by atoms with Crippen LogP contribution in [0.25, 0.3) is 0 Å². The summed E-state index contributed by atoms with van der Waals surface area (Å²) in [4.78, 5) is 13.7. The van der Waals surface area contributed by atoms with Crippen LogP contribution in [0.5, 0.6) is 5.75 Å². The second kappa shape index (κ2) is 9.23. The highest BCUT2D eigenvalue weighted by molar-refractivity contribution is 7.89. The number of carbonyl (C=O) groups excluding carboxylic acids is 1. The van der Waals surface area contributed by atoms with E-state index in [0.717, 1.165) is 13.0 Å². The summed E-state index contributed by atoms with van der Waals surface area (Å²) in [7, 11) is 2.55. The lowest BCUT2D eigenvalue weighted by molar-refractivity contribution is 0.0823. The Balaban J connectivity index is 0.00000338. The normalized spacial score (nSPS) is 17.7. The van der Waals surface area contributed by atoms with Gasteiger partial charge < -0.3 is 15.0 Å². The zero-order chi connectivity index (χ0) is 18.8. The number of nitrogens with one attached hydrogen (secondary N) is 1. The highest BCUT2D eigenvalue weighted by atomic mass is 35.5. The molecule has 1 N–H and O–H groups in total. The molecule has 1 heterocycles. The molecule has 1 amide bonds. The molecule has 0 aromatic heterocycles. The zero-order valence-corrected chi connectivity index (χ0v) is 17.7. The highest BCUT2D eigenvalue weighted by Gasteiger charge is 2.35. The zero-order valence-electron chi connectivity index (χ0n) is 15.3. The molecule has 2 rings (SSSR count). The van der Waals surface area contributed by atoms with Crippen LogP contribution in [0.3, 0.4) is 0 Å². The van der Waals surface area contributed by atoms with E-state index in [4.69, 9.17) is 16.3 Å². The second-order valence-corrected chi connectivity index (χ2v) is 8.60. The average Bonchev–Trinajstić information content (AvgIpc) is 3.03. The maximum atomic E-state index is 13.1. The molecule has 1 aromatic rings. The van der Waals surface area contributed by atoms with Crippen molar-refractivity contribution in [1.82, 2.24) is 14.5 Å². The third kappa shape index (κ3) is 4.61. The smallest absolute Gasteiger partial charge is 0.257 e. The number of sulfonamides is 1. The first-order valence-electron chi connectivity index (χ1n) is 7.96. The van der Waals surface area contributed by atoms with Crippen LogP contribution in [0, 0.1) is 5.92 Å². The number of ether oxygens (including phenoxy) is 1.